The SMILES string of the molecule is Oc1ccccc1C1C=C(c2cccs2)NC(c2ccc(F)cc2)[NH2+]1. The van der Waals surface area contributed by atoms with Crippen molar-refractivity contribution in [1.82, 2.24) is 5.32 Å². The van der Waals surface area contributed by atoms with Crippen molar-refractivity contribution in [2.45, 2.75) is 12.2 Å². The molecule has 25 heavy (non-hydrogen) atoms. The first-order valence-electron chi connectivity index (χ1n) is 8.11. The van der Waals surface area contributed by atoms with Crippen LogP contribution < -0.4 is 10.6 Å². The lowest BCUT2D eigenvalue weighted by atomic mass is 10.00. The second-order valence-corrected chi connectivity index (χ2v) is 6.96. The summed E-state index contributed by atoms with van der Waals surface area (Å²) in [5.74, 6) is 0.0381. The Hall–Kier alpha value is -2.63. The van der Waals surface area contributed by atoms with Crippen LogP contribution in [0.3, 0.4) is 0 Å². The van der Waals surface area contributed by atoms with Crippen LogP contribution in [0.15, 0.2) is 72.1 Å². The number of aromatic hydroxyl groups is 1. The van der Waals surface area contributed by atoms with Gasteiger partial charge in [0.15, 0.2) is 6.17 Å². The largest absolute Gasteiger partial charge is 0.507 e. The van der Waals surface area contributed by atoms with Crippen LogP contribution in [0.5, 0.6) is 5.75 Å². The van der Waals surface area contributed by atoms with E-state index in [0.29, 0.717) is 0 Å². The van der Waals surface area contributed by atoms with Gasteiger partial charge < -0.3 is 15.7 Å². The van der Waals surface area contributed by atoms with E-state index in [-0.39, 0.29) is 23.8 Å². The summed E-state index contributed by atoms with van der Waals surface area (Å²) in [5.41, 5.74) is 2.88. The minimum atomic E-state index is -0.245. The van der Waals surface area contributed by atoms with Crippen LogP contribution in [0, 0.1) is 5.82 Å². The molecule has 1 aliphatic heterocycles. The maximum atomic E-state index is 13.3. The Morgan fingerprint density at radius 2 is 1.80 bits per heavy atom. The van der Waals surface area contributed by atoms with Crippen LogP contribution in [0.1, 0.15) is 28.2 Å². The molecule has 0 aliphatic carbocycles. The van der Waals surface area contributed by atoms with Gasteiger partial charge in [-0.2, -0.15) is 0 Å². The number of thiophene rings is 1. The van der Waals surface area contributed by atoms with E-state index < -0.39 is 0 Å². The summed E-state index contributed by atoms with van der Waals surface area (Å²) < 4.78 is 13.3. The van der Waals surface area contributed by atoms with Crippen molar-refractivity contribution in [2.24, 2.45) is 0 Å². The first kappa shape index (κ1) is 15.9. The number of nitrogens with one attached hydrogen (secondary N) is 1. The number of phenolic OH excluding ortho intramolecular Hbond substituents is 1. The molecule has 0 saturated carbocycles. The lowest BCUT2D eigenvalue weighted by Gasteiger charge is -2.29. The molecule has 4 N–H and O–H groups in total. The van der Waals surface area contributed by atoms with Gasteiger partial charge in [0.1, 0.15) is 17.6 Å². The van der Waals surface area contributed by atoms with E-state index in [2.05, 4.69) is 22.8 Å². The van der Waals surface area contributed by atoms with Gasteiger partial charge in [-0.3, -0.25) is 0 Å². The fourth-order valence-corrected chi connectivity index (χ4v) is 3.83. The number of hydrogen-bond acceptors (Lipinski definition) is 3. The number of halogens is 1. The van der Waals surface area contributed by atoms with Gasteiger partial charge in [0.2, 0.25) is 0 Å². The van der Waals surface area contributed by atoms with Gasteiger partial charge in [0, 0.05) is 11.6 Å². The summed E-state index contributed by atoms with van der Waals surface area (Å²) in [7, 11) is 0. The number of rotatable bonds is 3. The molecule has 0 radical (unpaired) electrons. The van der Waals surface area contributed by atoms with Crippen LogP contribution in [0.25, 0.3) is 5.70 Å². The maximum absolute atomic E-state index is 13.3. The van der Waals surface area contributed by atoms with E-state index in [4.69, 9.17) is 0 Å². The Balaban J connectivity index is 1.74. The maximum Gasteiger partial charge on any atom is 0.186 e. The zero-order chi connectivity index (χ0) is 17.2. The number of para-hydroxylation sites is 1. The number of quaternary nitrogens is 1. The summed E-state index contributed by atoms with van der Waals surface area (Å²) in [4.78, 5) is 1.14. The monoisotopic (exact) mass is 353 g/mol. The van der Waals surface area contributed by atoms with Gasteiger partial charge in [-0.05, 0) is 47.8 Å². The smallest absolute Gasteiger partial charge is 0.186 e. The van der Waals surface area contributed by atoms with Crippen molar-refractivity contribution in [1.29, 1.82) is 0 Å². The molecule has 2 atom stereocenters. The Kier molecular flexibility index (Phi) is 4.26. The lowest BCUT2D eigenvalue weighted by Crippen LogP contribution is -2.89. The molecular weight excluding hydrogens is 335 g/mol. The minimum Gasteiger partial charge on any atom is -0.507 e. The molecule has 0 saturated heterocycles. The van der Waals surface area contributed by atoms with Crippen molar-refractivity contribution < 1.29 is 14.8 Å². The molecule has 2 heterocycles. The fraction of sp³-hybridized carbons (Fsp3) is 0.100. The van der Waals surface area contributed by atoms with Crippen molar-refractivity contribution in [3.8, 4) is 5.75 Å². The average molecular weight is 353 g/mol. The quantitative estimate of drug-likeness (QED) is 0.674. The first-order valence-corrected chi connectivity index (χ1v) is 8.99. The second-order valence-electron chi connectivity index (χ2n) is 6.01. The van der Waals surface area contributed by atoms with Crippen LogP contribution in [-0.4, -0.2) is 5.11 Å². The zero-order valence-electron chi connectivity index (χ0n) is 13.4. The molecule has 126 valence electrons. The van der Waals surface area contributed by atoms with Crippen LogP contribution >= 0.6 is 11.3 Å². The minimum absolute atomic E-state index is 0.0328. The highest BCUT2D eigenvalue weighted by Crippen LogP contribution is 2.30. The van der Waals surface area contributed by atoms with Gasteiger partial charge in [-0.25, -0.2) is 4.39 Å². The molecule has 4 rings (SSSR count). The van der Waals surface area contributed by atoms with E-state index in [1.54, 1.807) is 29.5 Å². The van der Waals surface area contributed by atoms with Gasteiger partial charge in [-0.1, -0.05) is 18.2 Å². The molecule has 1 aromatic heterocycles. The van der Waals surface area contributed by atoms with E-state index in [1.807, 2.05) is 29.6 Å². The average Bonchev–Trinajstić information content (AvgIpc) is 3.17. The summed E-state index contributed by atoms with van der Waals surface area (Å²) in [6.45, 7) is 0. The van der Waals surface area contributed by atoms with Gasteiger partial charge in [0.05, 0.1) is 16.1 Å². The molecule has 3 aromatic rings. The third-order valence-corrected chi connectivity index (χ3v) is 5.27. The van der Waals surface area contributed by atoms with Crippen molar-refractivity contribution in [3.05, 3.63) is 93.9 Å². The van der Waals surface area contributed by atoms with Crippen molar-refractivity contribution >= 4 is 17.0 Å². The van der Waals surface area contributed by atoms with Gasteiger partial charge in [-0.15, -0.1) is 11.3 Å². The van der Waals surface area contributed by atoms with E-state index >= 15 is 0 Å². The summed E-state index contributed by atoms with van der Waals surface area (Å²) >= 11 is 1.66. The molecule has 0 bridgehead atoms. The Bertz CT molecular complexity index is 890. The lowest BCUT2D eigenvalue weighted by molar-refractivity contribution is -0.731. The Morgan fingerprint density at radius 1 is 1.00 bits per heavy atom. The highest BCUT2D eigenvalue weighted by Gasteiger charge is 2.29. The number of hydrogen-bond donors (Lipinski definition) is 3. The van der Waals surface area contributed by atoms with Gasteiger partial charge in [0.25, 0.3) is 0 Å². The summed E-state index contributed by atoms with van der Waals surface area (Å²) in [6.07, 6.45) is 2.06. The highest BCUT2D eigenvalue weighted by molar-refractivity contribution is 7.11. The number of nitrogens with two attached hydrogens (primary N) is 1. The molecule has 3 nitrogen and oxygen atoms in total. The molecule has 1 aliphatic rings. The predicted octanol–water partition coefficient (Wildman–Crippen LogP) is 3.54. The first-order chi connectivity index (χ1) is 12.2. The Labute approximate surface area is 149 Å². The molecule has 2 aromatic carbocycles. The fourth-order valence-electron chi connectivity index (χ4n) is 3.12. The molecular formula is C20H18FN2OS+. The van der Waals surface area contributed by atoms with Crippen LogP contribution in [0.4, 0.5) is 4.39 Å². The highest BCUT2D eigenvalue weighted by atomic mass is 32.1. The third kappa shape index (κ3) is 3.29. The number of phenols is 1. The Morgan fingerprint density at radius 3 is 2.52 bits per heavy atom. The predicted molar refractivity (Wildman–Crippen MR) is 97.3 cm³/mol. The standard InChI is InChI=1S/C20H17FN2OS/c21-14-9-7-13(8-10-14)20-22-16(15-4-1-2-5-18(15)24)12-17(23-20)19-6-3-11-25-19/h1-12,16,20,22-24H/p+1. The third-order valence-electron chi connectivity index (χ3n) is 4.37. The van der Waals surface area contributed by atoms with E-state index in [9.17, 15) is 9.50 Å². The van der Waals surface area contributed by atoms with Gasteiger partial charge >= 0.3 is 0 Å². The zero-order valence-corrected chi connectivity index (χ0v) is 14.2. The molecule has 2 unspecified atom stereocenters. The summed E-state index contributed by atoms with van der Waals surface area (Å²) in [6, 6.07) is 18.0. The van der Waals surface area contributed by atoms with Crippen molar-refractivity contribution in [2.75, 3.05) is 0 Å². The number of benzene rings is 2. The molecule has 0 amide bonds. The van der Waals surface area contributed by atoms with Crippen molar-refractivity contribution in [3.63, 3.8) is 0 Å². The van der Waals surface area contributed by atoms with E-state index in [1.165, 1.54) is 12.1 Å². The normalized spacial score (nSPS) is 20.0. The molecule has 0 fully saturated rings. The summed E-state index contributed by atoms with van der Waals surface area (Å²) in [5, 5.41) is 18.0. The van der Waals surface area contributed by atoms with Crippen LogP contribution in [0.2, 0.25) is 0 Å². The van der Waals surface area contributed by atoms with E-state index in [0.717, 1.165) is 21.7 Å². The topological polar surface area (TPSA) is 48.9 Å². The second kappa shape index (κ2) is 6.70. The molecule has 5 heteroatoms. The van der Waals surface area contributed by atoms with Crippen LogP contribution in [-0.2, 0) is 0 Å². The molecule has 0 spiro atoms.